The number of para-hydroxylation sites is 2. The molecule has 0 spiro atoms. The number of anilines is 2. The van der Waals surface area contributed by atoms with Crippen LogP contribution in [0.1, 0.15) is 5.69 Å². The van der Waals surface area contributed by atoms with Crippen molar-refractivity contribution in [3.05, 3.63) is 78.3 Å². The Bertz CT molecular complexity index is 1260. The van der Waals surface area contributed by atoms with Gasteiger partial charge in [-0.05, 0) is 54.6 Å². The number of carbonyl (C=O) groups excluding carboxylic acids is 3. The number of amides is 4. The van der Waals surface area contributed by atoms with E-state index in [1.54, 1.807) is 30.3 Å². The average Bonchev–Trinajstić information content (AvgIpc) is 3.39. The Hall–Kier alpha value is -4.53. The number of carbonyl (C=O) groups is 3. The van der Waals surface area contributed by atoms with Crippen molar-refractivity contribution >= 4 is 35.3 Å². The molecule has 4 rings (SSSR count). The number of methoxy groups -OCH3 is 1. The lowest BCUT2D eigenvalue weighted by Gasteiger charge is -2.14. The maximum absolute atomic E-state index is 12.9. The normalized spacial score (nSPS) is 14.3. The summed E-state index contributed by atoms with van der Waals surface area (Å²) in [4.78, 5) is 40.7. The molecule has 2 aromatic carbocycles. The monoisotopic (exact) mass is 459 g/mol. The van der Waals surface area contributed by atoms with Gasteiger partial charge >= 0.3 is 6.03 Å². The van der Waals surface area contributed by atoms with Crippen molar-refractivity contribution in [2.24, 2.45) is 0 Å². The van der Waals surface area contributed by atoms with Crippen LogP contribution in [0.4, 0.5) is 16.2 Å². The molecule has 1 aliphatic heterocycles. The van der Waals surface area contributed by atoms with Gasteiger partial charge in [-0.15, -0.1) is 0 Å². The number of imide groups is 1. The molecule has 2 N–H and O–H groups in total. The Labute approximate surface area is 197 Å². The molecule has 0 atom stereocenters. The van der Waals surface area contributed by atoms with Gasteiger partial charge in [-0.25, -0.2) is 9.69 Å². The van der Waals surface area contributed by atoms with Crippen molar-refractivity contribution in [2.45, 2.75) is 0 Å². The van der Waals surface area contributed by atoms with Crippen LogP contribution in [-0.4, -0.2) is 55.1 Å². The maximum Gasteiger partial charge on any atom is 0.329 e. The molecular weight excluding hydrogens is 434 g/mol. The summed E-state index contributed by atoms with van der Waals surface area (Å²) in [6.45, 7) is -0.424. The number of hydrogen-bond acceptors (Lipinski definition) is 5. The van der Waals surface area contributed by atoms with Crippen LogP contribution in [0, 0.1) is 0 Å². The molecule has 0 saturated carbocycles. The standard InChI is InChI=1S/C25H25N5O4/c1-28(2)17-10-12-18(13-11-17)29-14-6-7-19(29)15-21-24(32)30(25(33)27-21)16-23(31)26-20-8-4-5-9-22(20)34-3/h4-15H,16H2,1-3H3,(H,26,31)(H,27,33)/b21-15+. The highest BCUT2D eigenvalue weighted by Gasteiger charge is 2.35. The molecule has 174 valence electrons. The van der Waals surface area contributed by atoms with E-state index < -0.39 is 24.4 Å². The van der Waals surface area contributed by atoms with Crippen LogP contribution in [0.15, 0.2) is 72.6 Å². The van der Waals surface area contributed by atoms with E-state index in [1.807, 2.05) is 66.2 Å². The summed E-state index contributed by atoms with van der Waals surface area (Å²) in [7, 11) is 5.43. The van der Waals surface area contributed by atoms with E-state index in [9.17, 15) is 14.4 Å². The molecule has 9 nitrogen and oxygen atoms in total. The second-order valence-electron chi connectivity index (χ2n) is 7.84. The predicted molar refractivity (Wildman–Crippen MR) is 130 cm³/mol. The first-order valence-corrected chi connectivity index (χ1v) is 10.6. The van der Waals surface area contributed by atoms with Crippen LogP contribution in [-0.2, 0) is 9.59 Å². The number of ether oxygens (including phenoxy) is 1. The molecule has 34 heavy (non-hydrogen) atoms. The molecule has 1 aliphatic rings. The zero-order valence-corrected chi connectivity index (χ0v) is 19.1. The van der Waals surface area contributed by atoms with Gasteiger partial charge in [-0.2, -0.15) is 0 Å². The fraction of sp³-hybridized carbons (Fsp3) is 0.160. The summed E-state index contributed by atoms with van der Waals surface area (Å²) >= 11 is 0. The Morgan fingerprint density at radius 3 is 2.50 bits per heavy atom. The molecular formula is C25H25N5O4. The first-order valence-electron chi connectivity index (χ1n) is 10.6. The molecule has 9 heteroatoms. The first-order chi connectivity index (χ1) is 16.4. The number of benzene rings is 2. The van der Waals surface area contributed by atoms with Gasteiger partial charge in [0, 0.05) is 37.4 Å². The summed E-state index contributed by atoms with van der Waals surface area (Å²) in [5, 5.41) is 5.23. The third-order valence-electron chi connectivity index (χ3n) is 5.36. The molecule has 1 saturated heterocycles. The molecule has 0 radical (unpaired) electrons. The summed E-state index contributed by atoms with van der Waals surface area (Å²) in [5.41, 5.74) is 3.24. The number of urea groups is 1. The number of rotatable bonds is 7. The van der Waals surface area contributed by atoms with E-state index >= 15 is 0 Å². The highest BCUT2D eigenvalue weighted by molar-refractivity contribution is 6.16. The molecule has 4 amide bonds. The zero-order chi connectivity index (χ0) is 24.2. The van der Waals surface area contributed by atoms with E-state index in [4.69, 9.17) is 4.74 Å². The minimum absolute atomic E-state index is 0.0972. The Balaban J connectivity index is 1.49. The average molecular weight is 460 g/mol. The largest absolute Gasteiger partial charge is 0.495 e. The quantitative estimate of drug-likeness (QED) is 0.418. The van der Waals surface area contributed by atoms with E-state index in [-0.39, 0.29) is 5.70 Å². The van der Waals surface area contributed by atoms with Crippen LogP contribution < -0.4 is 20.3 Å². The van der Waals surface area contributed by atoms with Gasteiger partial charge in [0.05, 0.1) is 12.8 Å². The van der Waals surface area contributed by atoms with Crippen LogP contribution >= 0.6 is 0 Å². The number of nitrogens with zero attached hydrogens (tertiary/aromatic N) is 3. The second-order valence-corrected chi connectivity index (χ2v) is 7.84. The van der Waals surface area contributed by atoms with Crippen LogP contribution in [0.3, 0.4) is 0 Å². The lowest BCUT2D eigenvalue weighted by Crippen LogP contribution is -2.38. The summed E-state index contributed by atoms with van der Waals surface area (Å²) < 4.78 is 7.12. The van der Waals surface area contributed by atoms with Gasteiger partial charge in [-0.3, -0.25) is 9.59 Å². The fourth-order valence-corrected chi connectivity index (χ4v) is 3.60. The maximum atomic E-state index is 12.9. The molecule has 1 fully saturated rings. The zero-order valence-electron chi connectivity index (χ0n) is 19.1. The van der Waals surface area contributed by atoms with Gasteiger partial charge in [0.1, 0.15) is 18.0 Å². The smallest absolute Gasteiger partial charge is 0.329 e. The van der Waals surface area contributed by atoms with E-state index in [1.165, 1.54) is 7.11 Å². The van der Waals surface area contributed by atoms with Gasteiger partial charge in [0.25, 0.3) is 5.91 Å². The highest BCUT2D eigenvalue weighted by atomic mass is 16.5. The van der Waals surface area contributed by atoms with Crippen molar-refractivity contribution in [3.8, 4) is 11.4 Å². The SMILES string of the molecule is COc1ccccc1NC(=O)CN1C(=O)N/C(=C/c2cccn2-c2ccc(N(C)C)cc2)C1=O. The molecule has 3 aromatic rings. The molecule has 1 aromatic heterocycles. The molecule has 2 heterocycles. The van der Waals surface area contributed by atoms with Crippen molar-refractivity contribution in [2.75, 3.05) is 38.0 Å². The van der Waals surface area contributed by atoms with Gasteiger partial charge < -0.3 is 24.8 Å². The molecule has 0 aliphatic carbocycles. The Morgan fingerprint density at radius 1 is 1.06 bits per heavy atom. The Kier molecular flexibility index (Phi) is 6.35. The minimum Gasteiger partial charge on any atom is -0.495 e. The van der Waals surface area contributed by atoms with Crippen LogP contribution in [0.2, 0.25) is 0 Å². The van der Waals surface area contributed by atoms with E-state index in [0.29, 0.717) is 17.1 Å². The lowest BCUT2D eigenvalue weighted by molar-refractivity contribution is -0.127. The van der Waals surface area contributed by atoms with Crippen molar-refractivity contribution in [1.82, 2.24) is 14.8 Å². The van der Waals surface area contributed by atoms with Gasteiger partial charge in [-0.1, -0.05) is 12.1 Å². The molecule has 0 unspecified atom stereocenters. The summed E-state index contributed by atoms with van der Waals surface area (Å²) in [6.07, 6.45) is 3.47. The fourth-order valence-electron chi connectivity index (χ4n) is 3.60. The number of nitrogens with one attached hydrogen (secondary N) is 2. The van der Waals surface area contributed by atoms with E-state index in [0.717, 1.165) is 16.3 Å². The third-order valence-corrected chi connectivity index (χ3v) is 5.36. The topological polar surface area (TPSA) is 95.9 Å². The summed E-state index contributed by atoms with van der Waals surface area (Å²) in [5.74, 6) is -0.609. The van der Waals surface area contributed by atoms with Crippen molar-refractivity contribution < 1.29 is 19.1 Å². The molecule has 0 bridgehead atoms. The van der Waals surface area contributed by atoms with Crippen molar-refractivity contribution in [1.29, 1.82) is 0 Å². The summed E-state index contributed by atoms with van der Waals surface area (Å²) in [6, 6.07) is 17.9. The third kappa shape index (κ3) is 4.63. The second kappa shape index (κ2) is 9.53. The van der Waals surface area contributed by atoms with Gasteiger partial charge in [0.2, 0.25) is 5.91 Å². The Morgan fingerprint density at radius 2 is 1.79 bits per heavy atom. The van der Waals surface area contributed by atoms with Crippen LogP contribution in [0.5, 0.6) is 5.75 Å². The highest BCUT2D eigenvalue weighted by Crippen LogP contribution is 2.24. The minimum atomic E-state index is -0.653. The van der Waals surface area contributed by atoms with E-state index in [2.05, 4.69) is 10.6 Å². The number of hydrogen-bond donors (Lipinski definition) is 2. The number of aromatic nitrogens is 1. The first kappa shape index (κ1) is 22.7. The van der Waals surface area contributed by atoms with Gasteiger partial charge in [0.15, 0.2) is 0 Å². The lowest BCUT2D eigenvalue weighted by atomic mass is 10.2. The predicted octanol–water partition coefficient (Wildman–Crippen LogP) is 3.08. The van der Waals surface area contributed by atoms with Crippen LogP contribution in [0.25, 0.3) is 11.8 Å². The van der Waals surface area contributed by atoms with Crippen molar-refractivity contribution in [3.63, 3.8) is 0 Å².